The first kappa shape index (κ1) is 11.6. The Morgan fingerprint density at radius 3 is 2.89 bits per heavy atom. The Bertz CT molecular complexity index is 499. The van der Waals surface area contributed by atoms with E-state index in [4.69, 9.17) is 0 Å². The average molecular weight is 244 g/mol. The number of benzene rings is 1. The lowest BCUT2D eigenvalue weighted by Gasteiger charge is -2.27. The maximum atomic E-state index is 3.52. The molecule has 0 spiro atoms. The largest absolute Gasteiger partial charge is 0.382 e. The van der Waals surface area contributed by atoms with Gasteiger partial charge in [0.1, 0.15) is 0 Å². The summed E-state index contributed by atoms with van der Waals surface area (Å²) < 4.78 is 0. The number of piperazine rings is 1. The van der Waals surface area contributed by atoms with E-state index in [0.29, 0.717) is 0 Å². The Labute approximate surface area is 107 Å². The minimum Gasteiger partial charge on any atom is -0.382 e. The monoisotopic (exact) mass is 244 g/mol. The van der Waals surface area contributed by atoms with Crippen molar-refractivity contribution in [1.29, 1.82) is 0 Å². The van der Waals surface area contributed by atoms with E-state index in [1.807, 2.05) is 0 Å². The van der Waals surface area contributed by atoms with E-state index in [1.54, 1.807) is 0 Å². The highest BCUT2D eigenvalue weighted by Crippen LogP contribution is 2.21. The van der Waals surface area contributed by atoms with Crippen molar-refractivity contribution in [3.8, 4) is 0 Å². The molecule has 96 valence electrons. The van der Waals surface area contributed by atoms with Crippen molar-refractivity contribution in [3.05, 3.63) is 30.5 Å². The molecule has 4 nitrogen and oxygen atoms in total. The SMILES string of the molecule is c1ccc2c(NCCN3CCNCC3)c[nH]c2c1. The Hall–Kier alpha value is -1.52. The lowest BCUT2D eigenvalue weighted by molar-refractivity contribution is 0.249. The maximum Gasteiger partial charge on any atom is 0.0598 e. The topological polar surface area (TPSA) is 43.1 Å². The molecule has 0 bridgehead atoms. The summed E-state index contributed by atoms with van der Waals surface area (Å²) in [6.07, 6.45) is 2.06. The quantitative estimate of drug-likeness (QED) is 0.763. The van der Waals surface area contributed by atoms with Gasteiger partial charge in [0, 0.05) is 56.4 Å². The molecule has 1 saturated heterocycles. The normalized spacial score (nSPS) is 17.1. The van der Waals surface area contributed by atoms with Crippen LogP contribution in [0, 0.1) is 0 Å². The zero-order valence-corrected chi connectivity index (χ0v) is 10.6. The van der Waals surface area contributed by atoms with Crippen molar-refractivity contribution in [2.24, 2.45) is 0 Å². The number of para-hydroxylation sites is 1. The van der Waals surface area contributed by atoms with Crippen molar-refractivity contribution in [2.75, 3.05) is 44.6 Å². The molecule has 3 rings (SSSR count). The highest BCUT2D eigenvalue weighted by molar-refractivity contribution is 5.92. The number of anilines is 1. The molecular formula is C14H20N4. The van der Waals surface area contributed by atoms with Gasteiger partial charge in [-0.3, -0.25) is 4.90 Å². The summed E-state index contributed by atoms with van der Waals surface area (Å²) in [6.45, 7) is 6.67. The van der Waals surface area contributed by atoms with E-state index in [2.05, 4.69) is 51.0 Å². The Morgan fingerprint density at radius 2 is 2.00 bits per heavy atom. The summed E-state index contributed by atoms with van der Waals surface area (Å²) in [5.41, 5.74) is 2.41. The number of hydrogen-bond donors (Lipinski definition) is 3. The third-order valence-electron chi connectivity index (χ3n) is 3.54. The molecule has 1 aromatic heterocycles. The number of aromatic amines is 1. The van der Waals surface area contributed by atoms with Crippen LogP contribution in [0.2, 0.25) is 0 Å². The molecule has 1 fully saturated rings. The van der Waals surface area contributed by atoms with Crippen molar-refractivity contribution in [2.45, 2.75) is 0 Å². The zero-order chi connectivity index (χ0) is 12.2. The van der Waals surface area contributed by atoms with Gasteiger partial charge in [-0.2, -0.15) is 0 Å². The third kappa shape index (κ3) is 2.49. The first-order valence-corrected chi connectivity index (χ1v) is 6.66. The first-order valence-electron chi connectivity index (χ1n) is 6.66. The molecule has 2 aromatic rings. The van der Waals surface area contributed by atoms with Crippen LogP contribution in [0.1, 0.15) is 0 Å². The summed E-state index contributed by atoms with van der Waals surface area (Å²) in [5, 5.41) is 8.17. The average Bonchev–Trinajstić information content (AvgIpc) is 2.84. The minimum atomic E-state index is 1.00. The molecule has 1 aliphatic heterocycles. The van der Waals surface area contributed by atoms with Gasteiger partial charge in [0.2, 0.25) is 0 Å². The first-order chi connectivity index (χ1) is 8.93. The van der Waals surface area contributed by atoms with Gasteiger partial charge >= 0.3 is 0 Å². The van der Waals surface area contributed by atoms with Crippen LogP contribution in [0.4, 0.5) is 5.69 Å². The fraction of sp³-hybridized carbons (Fsp3) is 0.429. The molecule has 0 unspecified atom stereocenters. The molecule has 0 aliphatic carbocycles. The van der Waals surface area contributed by atoms with Crippen LogP contribution in [0.15, 0.2) is 30.5 Å². The van der Waals surface area contributed by atoms with E-state index < -0.39 is 0 Å². The second kappa shape index (κ2) is 5.42. The number of nitrogens with zero attached hydrogens (tertiary/aromatic N) is 1. The minimum absolute atomic E-state index is 1.00. The number of rotatable bonds is 4. The zero-order valence-electron chi connectivity index (χ0n) is 10.6. The van der Waals surface area contributed by atoms with Crippen molar-refractivity contribution in [1.82, 2.24) is 15.2 Å². The number of aromatic nitrogens is 1. The van der Waals surface area contributed by atoms with Gasteiger partial charge in [-0.15, -0.1) is 0 Å². The Kier molecular flexibility index (Phi) is 3.48. The second-order valence-electron chi connectivity index (χ2n) is 4.77. The third-order valence-corrected chi connectivity index (χ3v) is 3.54. The number of fused-ring (bicyclic) bond motifs is 1. The van der Waals surface area contributed by atoms with Gasteiger partial charge in [0.15, 0.2) is 0 Å². The number of hydrogen-bond acceptors (Lipinski definition) is 3. The lowest BCUT2D eigenvalue weighted by Crippen LogP contribution is -2.45. The number of H-pyrrole nitrogens is 1. The molecule has 18 heavy (non-hydrogen) atoms. The molecular weight excluding hydrogens is 224 g/mol. The van der Waals surface area contributed by atoms with Gasteiger partial charge in [0.25, 0.3) is 0 Å². The van der Waals surface area contributed by atoms with Gasteiger partial charge in [0.05, 0.1) is 5.69 Å². The summed E-state index contributed by atoms with van der Waals surface area (Å²) in [5.74, 6) is 0. The molecule has 0 radical (unpaired) electrons. The fourth-order valence-electron chi connectivity index (χ4n) is 2.50. The molecule has 1 aliphatic rings. The maximum absolute atomic E-state index is 3.52. The van der Waals surface area contributed by atoms with Crippen molar-refractivity contribution < 1.29 is 0 Å². The van der Waals surface area contributed by atoms with E-state index >= 15 is 0 Å². The van der Waals surface area contributed by atoms with Crippen LogP contribution in [0.25, 0.3) is 10.9 Å². The van der Waals surface area contributed by atoms with Crippen molar-refractivity contribution >= 4 is 16.6 Å². The highest BCUT2D eigenvalue weighted by Gasteiger charge is 2.08. The van der Waals surface area contributed by atoms with Crippen molar-refractivity contribution in [3.63, 3.8) is 0 Å². The van der Waals surface area contributed by atoms with Crippen LogP contribution in [0.3, 0.4) is 0 Å². The van der Waals surface area contributed by atoms with Crippen LogP contribution < -0.4 is 10.6 Å². The molecule has 0 amide bonds. The molecule has 3 N–H and O–H groups in total. The smallest absolute Gasteiger partial charge is 0.0598 e. The molecule has 1 aromatic carbocycles. The van der Waals surface area contributed by atoms with E-state index in [0.717, 1.165) is 39.3 Å². The van der Waals surface area contributed by atoms with Gasteiger partial charge < -0.3 is 15.6 Å². The van der Waals surface area contributed by atoms with E-state index in [-0.39, 0.29) is 0 Å². The van der Waals surface area contributed by atoms with Gasteiger partial charge in [-0.25, -0.2) is 0 Å². The summed E-state index contributed by atoms with van der Waals surface area (Å²) in [4.78, 5) is 5.79. The Balaban J connectivity index is 1.56. The standard InChI is InChI=1S/C14H20N4/c1-2-4-13-12(3-1)14(11-17-13)16-7-10-18-8-5-15-6-9-18/h1-4,11,15-17H,5-10H2. The van der Waals surface area contributed by atoms with Crippen LogP contribution >= 0.6 is 0 Å². The van der Waals surface area contributed by atoms with Gasteiger partial charge in [-0.1, -0.05) is 18.2 Å². The Morgan fingerprint density at radius 1 is 1.17 bits per heavy atom. The highest BCUT2D eigenvalue weighted by atomic mass is 15.2. The van der Waals surface area contributed by atoms with Crippen LogP contribution in [-0.2, 0) is 0 Å². The van der Waals surface area contributed by atoms with Crippen LogP contribution in [-0.4, -0.2) is 49.2 Å². The molecule has 2 heterocycles. The predicted molar refractivity (Wildman–Crippen MR) is 76.1 cm³/mol. The molecule has 0 saturated carbocycles. The van der Waals surface area contributed by atoms with E-state index in [1.165, 1.54) is 16.6 Å². The lowest BCUT2D eigenvalue weighted by atomic mass is 10.2. The van der Waals surface area contributed by atoms with Gasteiger partial charge in [-0.05, 0) is 6.07 Å². The fourth-order valence-corrected chi connectivity index (χ4v) is 2.50. The summed E-state index contributed by atoms with van der Waals surface area (Å²) in [6, 6.07) is 8.40. The molecule has 0 atom stereocenters. The second-order valence-corrected chi connectivity index (χ2v) is 4.77. The molecule has 4 heteroatoms. The van der Waals surface area contributed by atoms with Crippen LogP contribution in [0.5, 0.6) is 0 Å². The van der Waals surface area contributed by atoms with E-state index in [9.17, 15) is 0 Å². The summed E-state index contributed by atoms with van der Waals surface area (Å²) >= 11 is 0. The summed E-state index contributed by atoms with van der Waals surface area (Å²) in [7, 11) is 0. The predicted octanol–water partition coefficient (Wildman–Crippen LogP) is 1.48. The number of nitrogens with one attached hydrogen (secondary N) is 3.